The third-order valence-electron chi connectivity index (χ3n) is 3.41. The molecular formula is C14H18N4S. The van der Waals surface area contributed by atoms with E-state index in [1.165, 1.54) is 17.5 Å². The number of para-hydroxylation sites is 1. The molecule has 19 heavy (non-hydrogen) atoms. The molecule has 1 aliphatic carbocycles. The van der Waals surface area contributed by atoms with Gasteiger partial charge in [-0.05, 0) is 25.0 Å². The highest BCUT2D eigenvalue weighted by molar-refractivity contribution is 7.18. The molecular weight excluding hydrogens is 256 g/mol. The van der Waals surface area contributed by atoms with Gasteiger partial charge in [-0.3, -0.25) is 10.3 Å². The van der Waals surface area contributed by atoms with Gasteiger partial charge in [0.2, 0.25) is 0 Å². The van der Waals surface area contributed by atoms with Gasteiger partial charge in [-0.15, -0.1) is 11.3 Å². The number of nitrogens with one attached hydrogen (secondary N) is 1. The largest absolute Gasteiger partial charge is 0.388 e. The lowest BCUT2D eigenvalue weighted by atomic mass is 10.3. The first kappa shape index (κ1) is 12.6. The first-order valence-electron chi connectivity index (χ1n) is 6.64. The highest BCUT2D eigenvalue weighted by Crippen LogP contribution is 2.30. The third-order valence-corrected chi connectivity index (χ3v) is 4.43. The molecule has 3 N–H and O–H groups in total. The predicted molar refractivity (Wildman–Crippen MR) is 79.6 cm³/mol. The highest BCUT2D eigenvalue weighted by Gasteiger charge is 2.29. The van der Waals surface area contributed by atoms with E-state index in [0.717, 1.165) is 23.6 Å². The number of nitrogens with zero attached hydrogens (tertiary/aromatic N) is 2. The number of thiazole rings is 1. The standard InChI is InChI=1S/C14H18N4S/c15-13(16)7-8-18(10-5-6-10)9-14-17-11-3-1-2-4-12(11)19-14/h1-4,10H,5-9H2,(H3,15,16). The summed E-state index contributed by atoms with van der Waals surface area (Å²) in [7, 11) is 0. The Balaban J connectivity index is 1.71. The number of benzene rings is 1. The summed E-state index contributed by atoms with van der Waals surface area (Å²) in [6.45, 7) is 1.76. The Morgan fingerprint density at radius 3 is 2.89 bits per heavy atom. The SMILES string of the molecule is N=C(N)CCN(Cc1nc2ccccc2s1)C1CC1. The van der Waals surface area contributed by atoms with Gasteiger partial charge in [0.15, 0.2) is 0 Å². The number of nitrogens with two attached hydrogens (primary N) is 1. The van der Waals surface area contributed by atoms with Crippen molar-refractivity contribution in [3.8, 4) is 0 Å². The molecule has 0 unspecified atom stereocenters. The van der Waals surface area contributed by atoms with Crippen LogP contribution in [0.2, 0.25) is 0 Å². The lowest BCUT2D eigenvalue weighted by Crippen LogP contribution is -2.29. The van der Waals surface area contributed by atoms with E-state index >= 15 is 0 Å². The molecule has 0 spiro atoms. The van der Waals surface area contributed by atoms with E-state index in [2.05, 4.69) is 28.1 Å². The van der Waals surface area contributed by atoms with Crippen molar-refractivity contribution < 1.29 is 0 Å². The number of hydrogen-bond donors (Lipinski definition) is 2. The number of hydrogen-bond acceptors (Lipinski definition) is 4. The number of fused-ring (bicyclic) bond motifs is 1. The normalized spacial score (nSPS) is 15.2. The summed E-state index contributed by atoms with van der Waals surface area (Å²) in [4.78, 5) is 7.10. The highest BCUT2D eigenvalue weighted by atomic mass is 32.1. The average Bonchev–Trinajstić information content (AvgIpc) is 3.14. The minimum absolute atomic E-state index is 0.273. The second-order valence-corrected chi connectivity index (χ2v) is 6.17. The van der Waals surface area contributed by atoms with Crippen molar-refractivity contribution in [1.29, 1.82) is 5.41 Å². The van der Waals surface area contributed by atoms with Gasteiger partial charge in [0.1, 0.15) is 5.01 Å². The molecule has 4 nitrogen and oxygen atoms in total. The van der Waals surface area contributed by atoms with Crippen LogP contribution < -0.4 is 5.73 Å². The van der Waals surface area contributed by atoms with Gasteiger partial charge in [0.25, 0.3) is 0 Å². The van der Waals surface area contributed by atoms with Crippen molar-refractivity contribution in [3.05, 3.63) is 29.3 Å². The van der Waals surface area contributed by atoms with E-state index in [0.29, 0.717) is 12.5 Å². The van der Waals surface area contributed by atoms with Gasteiger partial charge in [-0.2, -0.15) is 0 Å². The lowest BCUT2D eigenvalue weighted by molar-refractivity contribution is 0.262. The Bertz CT molecular complexity index is 555. The molecule has 100 valence electrons. The van der Waals surface area contributed by atoms with E-state index in [1.54, 1.807) is 11.3 Å². The molecule has 1 aromatic heterocycles. The van der Waals surface area contributed by atoms with Crippen LogP contribution in [0.15, 0.2) is 24.3 Å². The molecule has 2 aromatic rings. The van der Waals surface area contributed by atoms with Crippen LogP contribution in [0.1, 0.15) is 24.3 Å². The monoisotopic (exact) mass is 274 g/mol. The van der Waals surface area contributed by atoms with Crippen LogP contribution in [-0.4, -0.2) is 28.3 Å². The maximum absolute atomic E-state index is 7.35. The van der Waals surface area contributed by atoms with Crippen molar-refractivity contribution in [2.75, 3.05) is 6.54 Å². The van der Waals surface area contributed by atoms with Gasteiger partial charge in [-0.25, -0.2) is 4.98 Å². The first-order chi connectivity index (χ1) is 9.22. The zero-order chi connectivity index (χ0) is 13.2. The van der Waals surface area contributed by atoms with Crippen LogP contribution in [0.4, 0.5) is 0 Å². The Morgan fingerprint density at radius 1 is 1.42 bits per heavy atom. The Labute approximate surface area is 116 Å². The summed E-state index contributed by atoms with van der Waals surface area (Å²) in [5.74, 6) is 0.273. The molecule has 0 saturated heterocycles. The molecule has 0 amide bonds. The molecule has 1 heterocycles. The maximum atomic E-state index is 7.35. The van der Waals surface area contributed by atoms with Crippen molar-refractivity contribution in [3.63, 3.8) is 0 Å². The quantitative estimate of drug-likeness (QED) is 0.628. The fraction of sp³-hybridized carbons (Fsp3) is 0.429. The van der Waals surface area contributed by atoms with E-state index in [9.17, 15) is 0 Å². The summed E-state index contributed by atoms with van der Waals surface area (Å²) in [5.41, 5.74) is 6.55. The smallest absolute Gasteiger partial charge is 0.108 e. The van der Waals surface area contributed by atoms with E-state index in [-0.39, 0.29) is 5.84 Å². The Kier molecular flexibility index (Phi) is 3.48. The van der Waals surface area contributed by atoms with Crippen LogP contribution >= 0.6 is 11.3 Å². The van der Waals surface area contributed by atoms with Gasteiger partial charge in [0, 0.05) is 19.0 Å². The second kappa shape index (κ2) is 5.27. The van der Waals surface area contributed by atoms with Gasteiger partial charge < -0.3 is 5.73 Å². The zero-order valence-corrected chi connectivity index (χ0v) is 11.6. The fourth-order valence-electron chi connectivity index (χ4n) is 2.26. The molecule has 5 heteroatoms. The van der Waals surface area contributed by atoms with Crippen LogP contribution in [0, 0.1) is 5.41 Å². The maximum Gasteiger partial charge on any atom is 0.108 e. The van der Waals surface area contributed by atoms with Gasteiger partial charge in [0.05, 0.1) is 22.6 Å². The Hall–Kier alpha value is -1.46. The van der Waals surface area contributed by atoms with E-state index in [1.807, 2.05) is 6.07 Å². The second-order valence-electron chi connectivity index (χ2n) is 5.05. The predicted octanol–water partition coefficient (Wildman–Crippen LogP) is 2.59. The van der Waals surface area contributed by atoms with Crippen molar-refractivity contribution in [2.45, 2.75) is 31.8 Å². The zero-order valence-electron chi connectivity index (χ0n) is 10.8. The van der Waals surface area contributed by atoms with Crippen LogP contribution in [-0.2, 0) is 6.54 Å². The van der Waals surface area contributed by atoms with Gasteiger partial charge >= 0.3 is 0 Å². The van der Waals surface area contributed by atoms with Crippen molar-refractivity contribution in [2.24, 2.45) is 5.73 Å². The molecule has 3 rings (SSSR count). The van der Waals surface area contributed by atoms with Crippen LogP contribution in [0.5, 0.6) is 0 Å². The van der Waals surface area contributed by atoms with Crippen molar-refractivity contribution in [1.82, 2.24) is 9.88 Å². The topological polar surface area (TPSA) is 66.0 Å². The minimum Gasteiger partial charge on any atom is -0.388 e. The van der Waals surface area contributed by atoms with Crippen LogP contribution in [0.3, 0.4) is 0 Å². The number of aromatic nitrogens is 1. The molecule has 1 aliphatic rings. The summed E-state index contributed by atoms with van der Waals surface area (Å²) < 4.78 is 1.25. The molecule has 0 aliphatic heterocycles. The van der Waals surface area contributed by atoms with E-state index < -0.39 is 0 Å². The van der Waals surface area contributed by atoms with Crippen LogP contribution in [0.25, 0.3) is 10.2 Å². The average molecular weight is 274 g/mol. The lowest BCUT2D eigenvalue weighted by Gasteiger charge is -2.20. The van der Waals surface area contributed by atoms with E-state index in [4.69, 9.17) is 11.1 Å². The number of amidine groups is 1. The number of rotatable bonds is 6. The fourth-order valence-corrected chi connectivity index (χ4v) is 3.25. The third kappa shape index (κ3) is 3.11. The summed E-state index contributed by atoms with van der Waals surface area (Å²) in [6, 6.07) is 8.94. The Morgan fingerprint density at radius 2 is 2.21 bits per heavy atom. The van der Waals surface area contributed by atoms with Crippen molar-refractivity contribution >= 4 is 27.4 Å². The summed E-state index contributed by atoms with van der Waals surface area (Å²) in [6.07, 6.45) is 3.19. The summed E-state index contributed by atoms with van der Waals surface area (Å²) in [5, 5.41) is 8.52. The first-order valence-corrected chi connectivity index (χ1v) is 7.45. The molecule has 1 fully saturated rings. The molecule has 1 aromatic carbocycles. The molecule has 1 saturated carbocycles. The van der Waals surface area contributed by atoms with Gasteiger partial charge in [-0.1, -0.05) is 12.1 Å². The molecule has 0 bridgehead atoms. The minimum atomic E-state index is 0.273. The molecule has 0 radical (unpaired) electrons. The summed E-state index contributed by atoms with van der Waals surface area (Å²) >= 11 is 1.77. The molecule has 0 atom stereocenters.